The van der Waals surface area contributed by atoms with Crippen LogP contribution >= 0.6 is 23.1 Å². The monoisotopic (exact) mass is 666 g/mol. The Morgan fingerprint density at radius 1 is 1.00 bits per heavy atom. The smallest absolute Gasteiger partial charge is 0.253 e. The molecule has 0 saturated heterocycles. The lowest BCUT2D eigenvalue weighted by Crippen LogP contribution is -2.28. The average Bonchev–Trinajstić information content (AvgIpc) is 3.88. The number of hydrogen-bond acceptors (Lipinski definition) is 9. The topological polar surface area (TPSA) is 111 Å². The van der Waals surface area contributed by atoms with Gasteiger partial charge in [0, 0.05) is 17.7 Å². The van der Waals surface area contributed by atoms with Crippen molar-refractivity contribution in [3.8, 4) is 17.2 Å². The Balaban J connectivity index is 1.24. The number of rotatable bonds is 12. The SMILES string of the molecule is CCOc1ccc(-n2c(CNC(=O)c3cccc(OC)c3)nnc2SCC(=O)N2N=C(c3cccs3)C[C@@H]2c2ccc(C)cc2)cc1. The van der Waals surface area contributed by atoms with E-state index in [-0.39, 0.29) is 30.2 Å². The third-order valence-electron chi connectivity index (χ3n) is 7.60. The molecule has 0 spiro atoms. The number of thiophene rings is 1. The summed E-state index contributed by atoms with van der Waals surface area (Å²) in [6.45, 7) is 4.64. The minimum absolute atomic E-state index is 0.0922. The quantitative estimate of drug-likeness (QED) is 0.153. The highest BCUT2D eigenvalue weighted by molar-refractivity contribution is 7.99. The fourth-order valence-electron chi connectivity index (χ4n) is 5.22. The highest BCUT2D eigenvalue weighted by Gasteiger charge is 2.33. The molecule has 0 aliphatic carbocycles. The van der Waals surface area contributed by atoms with E-state index in [4.69, 9.17) is 14.6 Å². The van der Waals surface area contributed by atoms with Crippen LogP contribution in [0.15, 0.2) is 101 Å². The van der Waals surface area contributed by atoms with E-state index in [9.17, 15) is 9.59 Å². The van der Waals surface area contributed by atoms with Crippen molar-refractivity contribution >= 4 is 40.6 Å². The maximum absolute atomic E-state index is 13.8. The summed E-state index contributed by atoms with van der Waals surface area (Å²) in [4.78, 5) is 27.9. The Morgan fingerprint density at radius 2 is 1.81 bits per heavy atom. The Bertz CT molecular complexity index is 1870. The van der Waals surface area contributed by atoms with E-state index in [1.165, 1.54) is 11.8 Å². The van der Waals surface area contributed by atoms with E-state index in [1.807, 2.05) is 60.2 Å². The third-order valence-corrected chi connectivity index (χ3v) is 9.44. The Hall–Kier alpha value is -4.94. The van der Waals surface area contributed by atoms with Crippen LogP contribution in [0.25, 0.3) is 5.69 Å². The predicted octanol–water partition coefficient (Wildman–Crippen LogP) is 6.44. The van der Waals surface area contributed by atoms with Gasteiger partial charge < -0.3 is 14.8 Å². The van der Waals surface area contributed by atoms with E-state index in [0.717, 1.165) is 33.2 Å². The van der Waals surface area contributed by atoms with Crippen molar-refractivity contribution in [2.45, 2.75) is 38.0 Å². The molecule has 0 radical (unpaired) electrons. The van der Waals surface area contributed by atoms with Crippen molar-refractivity contribution < 1.29 is 19.1 Å². The van der Waals surface area contributed by atoms with Crippen LogP contribution in [0.2, 0.25) is 0 Å². The standard InChI is InChI=1S/C35H34N6O4S2/c1-4-45-27-16-14-26(15-17-27)40-32(21-36-34(43)25-7-5-8-28(19-25)44-3)37-38-35(40)47-22-33(42)41-30(24-12-10-23(2)11-13-24)20-29(39-41)31-9-6-18-46-31/h5-19,30H,4,20-22H2,1-3H3,(H,36,43)/t30-/m1/s1. The molecule has 47 heavy (non-hydrogen) atoms. The molecule has 10 nitrogen and oxygen atoms in total. The van der Waals surface area contributed by atoms with Crippen molar-refractivity contribution in [3.05, 3.63) is 118 Å². The number of amides is 2. The molecule has 0 bridgehead atoms. The minimum Gasteiger partial charge on any atom is -0.497 e. The number of ether oxygens (including phenoxy) is 2. The summed E-state index contributed by atoms with van der Waals surface area (Å²) in [5, 5.41) is 20.7. The lowest BCUT2D eigenvalue weighted by Gasteiger charge is -2.22. The second-order valence-corrected chi connectivity index (χ2v) is 12.6. The lowest BCUT2D eigenvalue weighted by molar-refractivity contribution is -0.130. The normalized spacial score (nSPS) is 14.1. The summed E-state index contributed by atoms with van der Waals surface area (Å²) in [7, 11) is 1.56. The van der Waals surface area contributed by atoms with E-state index < -0.39 is 0 Å². The second kappa shape index (κ2) is 14.7. The van der Waals surface area contributed by atoms with Crippen LogP contribution in [0, 0.1) is 6.92 Å². The molecule has 5 aromatic rings. The largest absolute Gasteiger partial charge is 0.497 e. The first-order chi connectivity index (χ1) is 22.9. The van der Waals surface area contributed by atoms with Crippen LogP contribution in [0.1, 0.15) is 51.6 Å². The molecule has 3 aromatic carbocycles. The van der Waals surface area contributed by atoms with Crippen LogP contribution in [-0.2, 0) is 11.3 Å². The molecule has 1 aliphatic rings. The van der Waals surface area contributed by atoms with Gasteiger partial charge in [0.25, 0.3) is 11.8 Å². The molecule has 0 fully saturated rings. The van der Waals surface area contributed by atoms with Crippen LogP contribution in [0.3, 0.4) is 0 Å². The molecular weight excluding hydrogens is 633 g/mol. The number of nitrogens with zero attached hydrogens (tertiary/aromatic N) is 5. The van der Waals surface area contributed by atoms with Crippen molar-refractivity contribution in [1.82, 2.24) is 25.1 Å². The molecule has 0 unspecified atom stereocenters. The van der Waals surface area contributed by atoms with Crippen LogP contribution < -0.4 is 14.8 Å². The number of methoxy groups -OCH3 is 1. The highest BCUT2D eigenvalue weighted by Crippen LogP contribution is 2.35. The zero-order chi connectivity index (χ0) is 32.8. The number of hydrazone groups is 1. The molecule has 6 rings (SSSR count). The maximum atomic E-state index is 13.8. The van der Waals surface area contributed by atoms with Crippen molar-refractivity contribution in [1.29, 1.82) is 0 Å². The van der Waals surface area contributed by atoms with Gasteiger partial charge in [-0.3, -0.25) is 14.2 Å². The first-order valence-corrected chi connectivity index (χ1v) is 17.0. The maximum Gasteiger partial charge on any atom is 0.253 e. The second-order valence-electron chi connectivity index (χ2n) is 10.8. The Morgan fingerprint density at radius 3 is 2.53 bits per heavy atom. The minimum atomic E-state index is -0.273. The van der Waals surface area contributed by atoms with Gasteiger partial charge in [-0.15, -0.1) is 21.5 Å². The molecule has 2 aromatic heterocycles. The number of carbonyl (C=O) groups is 2. The third kappa shape index (κ3) is 7.39. The summed E-state index contributed by atoms with van der Waals surface area (Å²) in [5.74, 6) is 1.52. The fraction of sp³-hybridized carbons (Fsp3) is 0.229. The predicted molar refractivity (Wildman–Crippen MR) is 184 cm³/mol. The van der Waals surface area contributed by atoms with Gasteiger partial charge in [-0.2, -0.15) is 5.10 Å². The number of hydrogen-bond donors (Lipinski definition) is 1. The first-order valence-electron chi connectivity index (χ1n) is 15.2. The number of carbonyl (C=O) groups excluding carboxylic acids is 2. The van der Waals surface area contributed by atoms with E-state index in [2.05, 4.69) is 39.8 Å². The summed E-state index contributed by atoms with van der Waals surface area (Å²) >= 11 is 2.89. The molecule has 3 heterocycles. The summed E-state index contributed by atoms with van der Waals surface area (Å²) < 4.78 is 12.7. The molecule has 240 valence electrons. The zero-order valence-electron chi connectivity index (χ0n) is 26.3. The molecular formula is C35H34N6O4S2. The molecule has 12 heteroatoms. The first kappa shape index (κ1) is 32.0. The van der Waals surface area contributed by atoms with Gasteiger partial charge in [-0.25, -0.2) is 5.01 Å². The van der Waals surface area contributed by atoms with Crippen LogP contribution in [-0.4, -0.2) is 56.8 Å². The van der Waals surface area contributed by atoms with Crippen LogP contribution in [0.4, 0.5) is 0 Å². The van der Waals surface area contributed by atoms with Gasteiger partial charge in [0.2, 0.25) is 0 Å². The highest BCUT2D eigenvalue weighted by atomic mass is 32.2. The Labute approximate surface area is 281 Å². The number of thioether (sulfide) groups is 1. The molecule has 1 aliphatic heterocycles. The molecule has 0 saturated carbocycles. The summed E-state index contributed by atoms with van der Waals surface area (Å²) in [6.07, 6.45) is 0.638. The van der Waals surface area contributed by atoms with Gasteiger partial charge in [0.1, 0.15) is 11.5 Å². The van der Waals surface area contributed by atoms with Gasteiger partial charge in [-0.1, -0.05) is 53.7 Å². The number of nitrogens with one attached hydrogen (secondary N) is 1. The van der Waals surface area contributed by atoms with Gasteiger partial charge in [0.05, 0.1) is 42.6 Å². The van der Waals surface area contributed by atoms with E-state index >= 15 is 0 Å². The molecule has 1 atom stereocenters. The number of benzene rings is 3. The number of aromatic nitrogens is 3. The zero-order valence-corrected chi connectivity index (χ0v) is 27.9. The summed E-state index contributed by atoms with van der Waals surface area (Å²) in [5.41, 5.74) is 4.33. The fourth-order valence-corrected chi connectivity index (χ4v) is 6.77. The average molecular weight is 667 g/mol. The summed E-state index contributed by atoms with van der Waals surface area (Å²) in [6, 6.07) is 26.6. The van der Waals surface area contributed by atoms with Crippen molar-refractivity contribution in [2.75, 3.05) is 19.5 Å². The lowest BCUT2D eigenvalue weighted by atomic mass is 10.00. The van der Waals surface area contributed by atoms with Gasteiger partial charge in [0.15, 0.2) is 11.0 Å². The van der Waals surface area contributed by atoms with Gasteiger partial charge in [-0.05, 0) is 73.3 Å². The van der Waals surface area contributed by atoms with E-state index in [1.54, 1.807) is 47.7 Å². The van der Waals surface area contributed by atoms with Crippen molar-refractivity contribution in [3.63, 3.8) is 0 Å². The molecule has 2 amide bonds. The Kier molecular flexibility index (Phi) is 9.98. The van der Waals surface area contributed by atoms with Gasteiger partial charge >= 0.3 is 0 Å². The van der Waals surface area contributed by atoms with Crippen LogP contribution in [0.5, 0.6) is 11.5 Å². The van der Waals surface area contributed by atoms with Crippen molar-refractivity contribution in [2.24, 2.45) is 5.10 Å². The molecule has 1 N–H and O–H groups in total. The van der Waals surface area contributed by atoms with E-state index in [0.29, 0.717) is 35.3 Å². The number of aryl methyl sites for hydroxylation is 1.